The maximum Gasteiger partial charge on any atom is 0.161 e. The molecule has 0 fully saturated rings. The Bertz CT molecular complexity index is 687. The minimum Gasteiger partial charge on any atom is -0.490 e. The molecule has 2 rings (SSSR count). The maximum atomic E-state index is 12.9. The first-order valence-corrected chi connectivity index (χ1v) is 6.93. The molecule has 0 radical (unpaired) electrons. The summed E-state index contributed by atoms with van der Waals surface area (Å²) >= 11 is 0. The highest BCUT2D eigenvalue weighted by Crippen LogP contribution is 2.29. The molecule has 3 nitrogen and oxygen atoms in total. The first-order valence-electron chi connectivity index (χ1n) is 6.93. The van der Waals surface area contributed by atoms with Crippen molar-refractivity contribution in [3.8, 4) is 17.6 Å². The molecule has 0 aromatic heterocycles. The summed E-state index contributed by atoms with van der Waals surface area (Å²) in [5, 5.41) is 8.57. The van der Waals surface area contributed by atoms with Crippen LogP contribution in [0.25, 0.3) is 6.08 Å². The van der Waals surface area contributed by atoms with E-state index in [0.717, 1.165) is 11.1 Å². The second kappa shape index (κ2) is 7.84. The molecule has 0 aliphatic rings. The van der Waals surface area contributed by atoms with Crippen molar-refractivity contribution in [2.24, 2.45) is 0 Å². The van der Waals surface area contributed by atoms with Gasteiger partial charge in [0.2, 0.25) is 0 Å². The van der Waals surface area contributed by atoms with Crippen LogP contribution in [0.15, 0.2) is 48.5 Å². The smallest absolute Gasteiger partial charge is 0.161 e. The van der Waals surface area contributed by atoms with Gasteiger partial charge >= 0.3 is 0 Å². The van der Waals surface area contributed by atoms with Gasteiger partial charge in [0.05, 0.1) is 12.7 Å². The lowest BCUT2D eigenvalue weighted by atomic mass is 10.2. The van der Waals surface area contributed by atoms with Gasteiger partial charge in [-0.05, 0) is 48.4 Å². The molecule has 22 heavy (non-hydrogen) atoms. The summed E-state index contributed by atoms with van der Waals surface area (Å²) < 4.78 is 24.2. The van der Waals surface area contributed by atoms with Gasteiger partial charge < -0.3 is 9.47 Å². The summed E-state index contributed by atoms with van der Waals surface area (Å²) in [6.45, 7) is 2.73. The minimum absolute atomic E-state index is 0.271. The summed E-state index contributed by atoms with van der Waals surface area (Å²) in [5.74, 6) is 0.956. The van der Waals surface area contributed by atoms with Gasteiger partial charge in [-0.15, -0.1) is 0 Å². The predicted molar refractivity (Wildman–Crippen MR) is 83.0 cm³/mol. The van der Waals surface area contributed by atoms with Crippen LogP contribution in [0.2, 0.25) is 0 Å². The zero-order chi connectivity index (χ0) is 15.8. The molecule has 0 amide bonds. The lowest BCUT2D eigenvalue weighted by Gasteiger charge is -2.12. The Balaban J connectivity index is 2.13. The Hall–Kier alpha value is -2.80. The van der Waals surface area contributed by atoms with E-state index in [-0.39, 0.29) is 5.82 Å². The third-order valence-corrected chi connectivity index (χ3v) is 2.93. The van der Waals surface area contributed by atoms with Crippen molar-refractivity contribution in [2.45, 2.75) is 13.5 Å². The SMILES string of the molecule is CCOc1cc(C=CC#N)ccc1OCc1ccc(F)cc1. The fourth-order valence-corrected chi connectivity index (χ4v) is 1.89. The number of ether oxygens (including phenoxy) is 2. The Morgan fingerprint density at radius 2 is 1.86 bits per heavy atom. The van der Waals surface area contributed by atoms with Gasteiger partial charge in [-0.25, -0.2) is 4.39 Å². The molecule has 0 unspecified atom stereocenters. The van der Waals surface area contributed by atoms with Crippen LogP contribution in [0.4, 0.5) is 4.39 Å². The molecule has 0 heterocycles. The van der Waals surface area contributed by atoms with Gasteiger partial charge in [-0.3, -0.25) is 0 Å². The number of benzene rings is 2. The molecule has 2 aromatic rings. The average Bonchev–Trinajstić information content (AvgIpc) is 2.54. The fraction of sp³-hybridized carbons (Fsp3) is 0.167. The summed E-state index contributed by atoms with van der Waals surface area (Å²) in [6.07, 6.45) is 3.11. The third-order valence-electron chi connectivity index (χ3n) is 2.93. The zero-order valence-electron chi connectivity index (χ0n) is 12.3. The van der Waals surface area contributed by atoms with E-state index in [4.69, 9.17) is 14.7 Å². The van der Waals surface area contributed by atoms with E-state index in [1.165, 1.54) is 18.2 Å². The Morgan fingerprint density at radius 1 is 1.09 bits per heavy atom. The second-order valence-electron chi connectivity index (χ2n) is 4.52. The highest BCUT2D eigenvalue weighted by Gasteiger charge is 2.06. The first-order chi connectivity index (χ1) is 10.7. The van der Waals surface area contributed by atoms with Crippen LogP contribution in [0.3, 0.4) is 0 Å². The van der Waals surface area contributed by atoms with Crippen LogP contribution in [-0.2, 0) is 6.61 Å². The molecular formula is C18H16FNO2. The van der Waals surface area contributed by atoms with Crippen molar-refractivity contribution < 1.29 is 13.9 Å². The number of halogens is 1. The molecule has 0 aliphatic carbocycles. The lowest BCUT2D eigenvalue weighted by molar-refractivity contribution is 0.269. The summed E-state index contributed by atoms with van der Waals surface area (Å²) in [4.78, 5) is 0. The molecule has 0 saturated carbocycles. The Kier molecular flexibility index (Phi) is 5.56. The Morgan fingerprint density at radius 3 is 2.55 bits per heavy atom. The number of allylic oxidation sites excluding steroid dienone is 1. The van der Waals surface area contributed by atoms with Crippen LogP contribution in [0, 0.1) is 17.1 Å². The van der Waals surface area contributed by atoms with Gasteiger partial charge in [0, 0.05) is 6.08 Å². The van der Waals surface area contributed by atoms with Gasteiger partial charge in [-0.2, -0.15) is 5.26 Å². The van der Waals surface area contributed by atoms with Crippen LogP contribution >= 0.6 is 0 Å². The molecule has 112 valence electrons. The molecule has 0 saturated heterocycles. The summed E-state index contributed by atoms with van der Waals surface area (Å²) in [7, 11) is 0. The molecule has 0 aliphatic heterocycles. The van der Waals surface area contributed by atoms with E-state index in [2.05, 4.69) is 0 Å². The van der Waals surface area contributed by atoms with Crippen LogP contribution in [0.5, 0.6) is 11.5 Å². The maximum absolute atomic E-state index is 12.9. The van der Waals surface area contributed by atoms with Crippen LogP contribution < -0.4 is 9.47 Å². The quantitative estimate of drug-likeness (QED) is 0.745. The summed E-state index contributed by atoms with van der Waals surface area (Å²) in [6, 6.07) is 13.6. The van der Waals surface area contributed by atoms with Gasteiger partial charge in [0.25, 0.3) is 0 Å². The van der Waals surface area contributed by atoms with Crippen molar-refractivity contribution in [1.82, 2.24) is 0 Å². The predicted octanol–water partition coefficient (Wildman–Crippen LogP) is 4.34. The number of rotatable bonds is 6. The van der Waals surface area contributed by atoms with Crippen molar-refractivity contribution in [1.29, 1.82) is 5.26 Å². The zero-order valence-corrected chi connectivity index (χ0v) is 12.3. The number of hydrogen-bond acceptors (Lipinski definition) is 3. The molecule has 0 spiro atoms. The normalized spacial score (nSPS) is 10.4. The van der Waals surface area contributed by atoms with Gasteiger partial charge in [0.15, 0.2) is 11.5 Å². The van der Waals surface area contributed by atoms with E-state index in [1.54, 1.807) is 24.3 Å². The van der Waals surface area contributed by atoms with Crippen molar-refractivity contribution in [3.63, 3.8) is 0 Å². The van der Waals surface area contributed by atoms with Crippen molar-refractivity contribution >= 4 is 6.08 Å². The summed E-state index contributed by atoms with van der Waals surface area (Å²) in [5.41, 5.74) is 1.73. The van der Waals surface area contributed by atoms with E-state index >= 15 is 0 Å². The van der Waals surface area contributed by atoms with Crippen molar-refractivity contribution in [3.05, 3.63) is 65.5 Å². The van der Waals surface area contributed by atoms with Crippen LogP contribution in [-0.4, -0.2) is 6.61 Å². The number of nitrogens with zero attached hydrogens (tertiary/aromatic N) is 1. The molecule has 0 atom stereocenters. The van der Waals surface area contributed by atoms with Gasteiger partial charge in [0.1, 0.15) is 12.4 Å². The van der Waals surface area contributed by atoms with E-state index in [9.17, 15) is 4.39 Å². The van der Waals surface area contributed by atoms with E-state index < -0.39 is 0 Å². The largest absolute Gasteiger partial charge is 0.490 e. The highest BCUT2D eigenvalue weighted by molar-refractivity contribution is 5.57. The minimum atomic E-state index is -0.271. The Labute approximate surface area is 129 Å². The molecule has 2 aromatic carbocycles. The van der Waals surface area contributed by atoms with E-state index in [0.29, 0.717) is 24.7 Å². The first kappa shape index (κ1) is 15.6. The van der Waals surface area contributed by atoms with E-state index in [1.807, 2.05) is 25.1 Å². The number of nitriles is 1. The fourth-order valence-electron chi connectivity index (χ4n) is 1.89. The molecular weight excluding hydrogens is 281 g/mol. The second-order valence-corrected chi connectivity index (χ2v) is 4.52. The number of hydrogen-bond donors (Lipinski definition) is 0. The monoisotopic (exact) mass is 297 g/mol. The highest BCUT2D eigenvalue weighted by atomic mass is 19.1. The standard InChI is InChI=1S/C18H16FNO2/c1-2-21-18-12-14(4-3-11-20)7-10-17(18)22-13-15-5-8-16(19)9-6-15/h3-10,12H,2,13H2,1H3. The van der Waals surface area contributed by atoms with Crippen LogP contribution in [0.1, 0.15) is 18.1 Å². The molecule has 0 bridgehead atoms. The van der Waals surface area contributed by atoms with Gasteiger partial charge in [-0.1, -0.05) is 18.2 Å². The molecule has 4 heteroatoms. The van der Waals surface area contributed by atoms with Crippen molar-refractivity contribution in [2.75, 3.05) is 6.61 Å². The molecule has 0 N–H and O–H groups in total. The third kappa shape index (κ3) is 4.35. The average molecular weight is 297 g/mol. The topological polar surface area (TPSA) is 42.2 Å². The lowest BCUT2D eigenvalue weighted by Crippen LogP contribution is -2.00.